The van der Waals surface area contributed by atoms with Crippen LogP contribution in [0.15, 0.2) is 35.6 Å². The summed E-state index contributed by atoms with van der Waals surface area (Å²) in [6.45, 7) is 0.106. The maximum absolute atomic E-state index is 12.7. The van der Waals surface area contributed by atoms with Crippen LogP contribution in [0.2, 0.25) is 0 Å². The molecule has 33 heavy (non-hydrogen) atoms. The molecule has 3 rings (SSSR count). The van der Waals surface area contributed by atoms with E-state index in [-0.39, 0.29) is 18.3 Å². The summed E-state index contributed by atoms with van der Waals surface area (Å²) in [5.74, 6) is 0.252. The Kier molecular flexibility index (Phi) is 8.55. The van der Waals surface area contributed by atoms with Gasteiger partial charge in [0.1, 0.15) is 17.9 Å². The number of nitrogens with zero attached hydrogens (tertiary/aromatic N) is 4. The Hall–Kier alpha value is -2.37. The number of aliphatic imine (C=N–C) groups is 1. The van der Waals surface area contributed by atoms with Crippen molar-refractivity contribution in [2.24, 2.45) is 4.99 Å². The number of hydrogen-bond acceptors (Lipinski definition) is 6. The first-order valence-electron chi connectivity index (χ1n) is 10.3. The molecule has 178 valence electrons. The fraction of sp³-hybridized carbons (Fsp3) is 0.476. The molecule has 0 amide bonds. The van der Waals surface area contributed by atoms with Crippen LogP contribution in [-0.4, -0.2) is 57.4 Å². The van der Waals surface area contributed by atoms with E-state index in [1.54, 1.807) is 18.5 Å². The normalized spacial score (nSPS) is 18.4. The number of imidazole rings is 1. The quantitative estimate of drug-likeness (QED) is 0.147. The summed E-state index contributed by atoms with van der Waals surface area (Å²) in [6.07, 6.45) is -1.25. The number of fused-ring (bicyclic) bond motifs is 1. The van der Waals surface area contributed by atoms with Crippen LogP contribution in [0, 0.1) is 11.3 Å². The van der Waals surface area contributed by atoms with E-state index in [1.165, 1.54) is 12.1 Å². The van der Waals surface area contributed by atoms with Gasteiger partial charge in [-0.15, -0.1) is 13.2 Å². The molecular weight excluding hydrogens is 550 g/mol. The highest BCUT2D eigenvalue weighted by atomic mass is 127. The smallest absolute Gasteiger partial charge is 0.405 e. The Balaban J connectivity index is 1.72. The Morgan fingerprint density at radius 2 is 2.18 bits per heavy atom. The first-order chi connectivity index (χ1) is 15.7. The van der Waals surface area contributed by atoms with E-state index in [1.807, 2.05) is 41.6 Å². The van der Waals surface area contributed by atoms with Crippen molar-refractivity contribution in [2.75, 3.05) is 14.1 Å². The van der Waals surface area contributed by atoms with E-state index in [9.17, 15) is 18.4 Å². The lowest BCUT2D eigenvalue weighted by molar-refractivity contribution is -0.274. The number of aryl methyl sites for hydroxylation is 1. The van der Waals surface area contributed by atoms with E-state index < -0.39 is 16.6 Å². The second-order valence-electron chi connectivity index (χ2n) is 7.78. The molecule has 1 aliphatic rings. The second-order valence-corrected chi connectivity index (χ2v) is 9.02. The monoisotopic (exact) mass is 575 g/mol. The molecule has 12 heteroatoms. The highest BCUT2D eigenvalue weighted by Gasteiger charge is 2.32. The zero-order valence-corrected chi connectivity index (χ0v) is 20.3. The molecule has 1 aromatic heterocycles. The molecule has 0 fully saturated rings. The molecule has 2 unspecified atom stereocenters. The summed E-state index contributed by atoms with van der Waals surface area (Å²) >= 11 is 2.01. The third-order valence-electron chi connectivity index (χ3n) is 5.12. The van der Waals surface area contributed by atoms with Crippen molar-refractivity contribution in [2.45, 2.75) is 48.4 Å². The third kappa shape index (κ3) is 7.31. The molecule has 0 saturated heterocycles. The van der Waals surface area contributed by atoms with Crippen LogP contribution in [0.5, 0.6) is 5.75 Å². The highest BCUT2D eigenvalue weighted by molar-refractivity contribution is 14.1. The lowest BCUT2D eigenvalue weighted by atomic mass is 9.96. The fourth-order valence-corrected chi connectivity index (χ4v) is 3.85. The van der Waals surface area contributed by atoms with E-state index in [4.69, 9.17) is 4.99 Å². The number of amidine groups is 1. The Bertz CT molecular complexity index is 1000. The summed E-state index contributed by atoms with van der Waals surface area (Å²) in [7, 11) is 3.62. The SMILES string of the molecule is CN(C)C(NCc1ccccc1OC(F)(F)F)NC(=NC1CCc2nc[nH]c2C1)[C@@H](I)C#N. The number of alkyl halides is 4. The molecule has 0 saturated carbocycles. The Labute approximate surface area is 203 Å². The average molecular weight is 575 g/mol. The number of ether oxygens (including phenoxy) is 1. The van der Waals surface area contributed by atoms with Gasteiger partial charge in [-0.2, -0.15) is 5.26 Å². The molecule has 3 atom stereocenters. The summed E-state index contributed by atoms with van der Waals surface area (Å²) in [5, 5.41) is 15.9. The molecular formula is C21H25F3IN7O. The van der Waals surface area contributed by atoms with Crippen LogP contribution >= 0.6 is 22.6 Å². The zero-order chi connectivity index (χ0) is 24.0. The van der Waals surface area contributed by atoms with Crippen LogP contribution in [0.4, 0.5) is 13.2 Å². The lowest BCUT2D eigenvalue weighted by Crippen LogP contribution is -2.55. The molecule has 0 aliphatic heterocycles. The number of para-hydroxylation sites is 1. The third-order valence-corrected chi connectivity index (χ3v) is 5.99. The Morgan fingerprint density at radius 3 is 2.88 bits per heavy atom. The van der Waals surface area contributed by atoms with Crippen molar-refractivity contribution < 1.29 is 17.9 Å². The predicted octanol–water partition coefficient (Wildman–Crippen LogP) is 3.12. The van der Waals surface area contributed by atoms with Crippen molar-refractivity contribution in [1.82, 2.24) is 25.5 Å². The molecule has 2 aromatic rings. The molecule has 0 bridgehead atoms. The van der Waals surface area contributed by atoms with E-state index in [2.05, 4.69) is 31.4 Å². The van der Waals surface area contributed by atoms with Gasteiger partial charge in [-0.1, -0.05) is 40.8 Å². The van der Waals surface area contributed by atoms with E-state index in [0.717, 1.165) is 24.2 Å². The van der Waals surface area contributed by atoms with Gasteiger partial charge in [0, 0.05) is 24.2 Å². The van der Waals surface area contributed by atoms with Gasteiger partial charge in [0.15, 0.2) is 3.92 Å². The number of benzene rings is 1. The van der Waals surface area contributed by atoms with Crippen LogP contribution in [0.25, 0.3) is 0 Å². The topological polar surface area (TPSA) is 101 Å². The summed E-state index contributed by atoms with van der Waals surface area (Å²) in [6, 6.07) is 8.17. The van der Waals surface area contributed by atoms with Crippen LogP contribution in [0.3, 0.4) is 0 Å². The van der Waals surface area contributed by atoms with Gasteiger partial charge in [0.2, 0.25) is 0 Å². The van der Waals surface area contributed by atoms with Gasteiger partial charge in [-0.25, -0.2) is 4.98 Å². The van der Waals surface area contributed by atoms with Gasteiger partial charge in [-0.3, -0.25) is 15.2 Å². The molecule has 1 heterocycles. The van der Waals surface area contributed by atoms with Crippen molar-refractivity contribution in [3.05, 3.63) is 47.5 Å². The van der Waals surface area contributed by atoms with Crippen molar-refractivity contribution in [3.63, 3.8) is 0 Å². The first kappa shape index (κ1) is 25.3. The van der Waals surface area contributed by atoms with Gasteiger partial charge in [0.25, 0.3) is 0 Å². The fourth-order valence-electron chi connectivity index (χ4n) is 3.51. The van der Waals surface area contributed by atoms with Crippen LogP contribution < -0.4 is 15.4 Å². The lowest BCUT2D eigenvalue weighted by Gasteiger charge is -2.29. The maximum Gasteiger partial charge on any atom is 0.573 e. The number of hydrogen-bond donors (Lipinski definition) is 3. The summed E-state index contributed by atoms with van der Waals surface area (Å²) < 4.78 is 41.8. The van der Waals surface area contributed by atoms with E-state index in [0.29, 0.717) is 17.8 Å². The number of nitriles is 1. The van der Waals surface area contributed by atoms with Crippen LogP contribution in [0.1, 0.15) is 23.4 Å². The number of H-pyrrole nitrogens is 1. The van der Waals surface area contributed by atoms with E-state index >= 15 is 0 Å². The number of nitrogens with one attached hydrogen (secondary N) is 3. The maximum atomic E-state index is 12.7. The minimum Gasteiger partial charge on any atom is -0.405 e. The van der Waals surface area contributed by atoms with Gasteiger partial charge in [0.05, 0.1) is 24.1 Å². The standard InChI is InChI=1S/C21H25F3IN7O/c1-32(2)20(27-11-13-5-3-4-6-18(13)33-21(22,23)24)31-19(15(25)10-26)30-14-7-8-16-17(9-14)29-12-28-16/h3-6,12,14-15,20,27H,7-9,11H2,1-2H3,(H,28,29)(H,30,31)/t14?,15-,20?/m0/s1. The second kappa shape index (κ2) is 11.2. The number of halogens is 4. The number of aromatic amines is 1. The first-order valence-corrected chi connectivity index (χ1v) is 11.5. The molecule has 1 aliphatic carbocycles. The Morgan fingerprint density at radius 1 is 1.42 bits per heavy atom. The van der Waals surface area contributed by atoms with Crippen LogP contribution in [-0.2, 0) is 19.4 Å². The molecule has 8 nitrogen and oxygen atoms in total. The summed E-state index contributed by atoms with van der Waals surface area (Å²) in [4.78, 5) is 14.1. The molecule has 0 spiro atoms. The van der Waals surface area contributed by atoms with Crippen molar-refractivity contribution in [1.29, 1.82) is 5.26 Å². The predicted molar refractivity (Wildman–Crippen MR) is 126 cm³/mol. The number of aromatic nitrogens is 2. The van der Waals surface area contributed by atoms with Gasteiger partial charge in [-0.05, 0) is 33.0 Å². The van der Waals surface area contributed by atoms with Crippen molar-refractivity contribution in [3.8, 4) is 11.8 Å². The number of rotatable bonds is 8. The highest BCUT2D eigenvalue weighted by Crippen LogP contribution is 2.26. The largest absolute Gasteiger partial charge is 0.573 e. The minimum atomic E-state index is -4.77. The minimum absolute atomic E-state index is 0.00482. The van der Waals surface area contributed by atoms with Gasteiger partial charge < -0.3 is 15.0 Å². The molecule has 1 aromatic carbocycles. The van der Waals surface area contributed by atoms with Gasteiger partial charge >= 0.3 is 6.36 Å². The average Bonchev–Trinajstić information content (AvgIpc) is 3.22. The zero-order valence-electron chi connectivity index (χ0n) is 18.2. The molecule has 0 radical (unpaired) electrons. The summed E-state index contributed by atoms with van der Waals surface area (Å²) in [5.41, 5.74) is 2.46. The molecule has 3 N–H and O–H groups in total. The van der Waals surface area contributed by atoms with Crippen molar-refractivity contribution >= 4 is 28.4 Å².